The van der Waals surface area contributed by atoms with Crippen LogP contribution < -0.4 is 4.90 Å². The number of thioether (sulfide) groups is 1. The number of nitrogens with zero attached hydrogens (tertiary/aromatic N) is 2. The van der Waals surface area contributed by atoms with Gasteiger partial charge in [0.15, 0.2) is 5.17 Å². The molecule has 0 aromatic heterocycles. The zero-order valence-electron chi connectivity index (χ0n) is 12.4. The molecule has 0 radical (unpaired) electrons. The number of benzene rings is 1. The normalized spacial score (nSPS) is 22.0. The lowest BCUT2D eigenvalue weighted by Gasteiger charge is -2.30. The molecule has 2 aliphatic heterocycles. The molecule has 1 aromatic carbocycles. The number of carbonyl (C=O) groups is 1. The van der Waals surface area contributed by atoms with E-state index >= 15 is 0 Å². The van der Waals surface area contributed by atoms with Gasteiger partial charge in [-0.15, -0.1) is 0 Å². The summed E-state index contributed by atoms with van der Waals surface area (Å²) in [5, 5.41) is 0.867. The first-order chi connectivity index (χ1) is 10.1. The predicted molar refractivity (Wildman–Crippen MR) is 87.4 cm³/mol. The van der Waals surface area contributed by atoms with Crippen molar-refractivity contribution in [1.29, 1.82) is 0 Å². The number of nitrogens with one attached hydrogen (secondary N) is 1. The van der Waals surface area contributed by atoms with Crippen LogP contribution in [0.3, 0.4) is 0 Å². The zero-order valence-corrected chi connectivity index (χ0v) is 13.2. The SMILES string of the molecule is Cc1ccc(C=C2SC(N3CC[NH+](C)CC3)=NC2=O)cc1. The summed E-state index contributed by atoms with van der Waals surface area (Å²) in [6, 6.07) is 8.18. The molecule has 1 fully saturated rings. The van der Waals surface area contributed by atoms with Crippen molar-refractivity contribution in [2.75, 3.05) is 33.2 Å². The van der Waals surface area contributed by atoms with Gasteiger partial charge in [0, 0.05) is 0 Å². The minimum Gasteiger partial charge on any atom is -0.339 e. The standard InChI is InChI=1S/C16H19N3OS/c1-12-3-5-13(6-4-12)11-14-15(20)17-16(21-14)19-9-7-18(2)8-10-19/h3-6,11H,7-10H2,1-2H3/p+1. The quantitative estimate of drug-likeness (QED) is 0.780. The molecule has 0 aliphatic carbocycles. The number of carbonyl (C=O) groups excluding carboxylic acids is 1. The van der Waals surface area contributed by atoms with Gasteiger partial charge in [-0.25, -0.2) is 0 Å². The highest BCUT2D eigenvalue weighted by Gasteiger charge is 2.28. The van der Waals surface area contributed by atoms with Crippen LogP contribution in [0.1, 0.15) is 11.1 Å². The van der Waals surface area contributed by atoms with Crippen molar-refractivity contribution in [3.8, 4) is 0 Å². The largest absolute Gasteiger partial charge is 0.339 e. The van der Waals surface area contributed by atoms with Gasteiger partial charge in [-0.2, -0.15) is 4.99 Å². The fourth-order valence-corrected chi connectivity index (χ4v) is 3.39. The number of aryl methyl sites for hydroxylation is 1. The zero-order chi connectivity index (χ0) is 14.8. The summed E-state index contributed by atoms with van der Waals surface area (Å²) in [4.78, 5) is 20.8. The van der Waals surface area contributed by atoms with Crippen molar-refractivity contribution < 1.29 is 9.69 Å². The van der Waals surface area contributed by atoms with E-state index in [4.69, 9.17) is 0 Å². The molecule has 3 rings (SSSR count). The fourth-order valence-electron chi connectivity index (χ4n) is 2.43. The Kier molecular flexibility index (Phi) is 4.12. The van der Waals surface area contributed by atoms with Crippen LogP contribution in [0.2, 0.25) is 0 Å². The van der Waals surface area contributed by atoms with E-state index in [2.05, 4.69) is 36.0 Å². The number of likely N-dealkylation sites (N-methyl/N-ethyl adjacent to an activating group) is 1. The van der Waals surface area contributed by atoms with E-state index in [9.17, 15) is 4.79 Å². The second-order valence-electron chi connectivity index (χ2n) is 5.67. The highest BCUT2D eigenvalue weighted by atomic mass is 32.2. The molecule has 0 saturated carbocycles. The molecule has 5 heteroatoms. The van der Waals surface area contributed by atoms with E-state index < -0.39 is 0 Å². The van der Waals surface area contributed by atoms with E-state index in [-0.39, 0.29) is 5.91 Å². The average molecular weight is 302 g/mol. The number of rotatable bonds is 1. The van der Waals surface area contributed by atoms with Crippen LogP contribution in [-0.2, 0) is 4.79 Å². The Labute approximate surface area is 129 Å². The lowest BCUT2D eigenvalue weighted by atomic mass is 10.1. The van der Waals surface area contributed by atoms with Crippen molar-refractivity contribution >= 4 is 28.9 Å². The Morgan fingerprint density at radius 3 is 2.57 bits per heavy atom. The van der Waals surface area contributed by atoms with E-state index in [1.807, 2.05) is 18.2 Å². The molecule has 110 valence electrons. The van der Waals surface area contributed by atoms with Gasteiger partial charge in [0.1, 0.15) is 0 Å². The van der Waals surface area contributed by atoms with Gasteiger partial charge < -0.3 is 9.80 Å². The molecule has 0 unspecified atom stereocenters. The first kappa shape index (κ1) is 14.4. The summed E-state index contributed by atoms with van der Waals surface area (Å²) in [6.07, 6.45) is 1.93. The van der Waals surface area contributed by atoms with Crippen LogP contribution in [0, 0.1) is 6.92 Å². The molecule has 0 atom stereocenters. The third-order valence-corrected chi connectivity index (χ3v) is 4.92. The van der Waals surface area contributed by atoms with Gasteiger partial charge in [-0.05, 0) is 30.3 Å². The van der Waals surface area contributed by atoms with E-state index in [0.29, 0.717) is 0 Å². The number of aliphatic imine (C=N–C) groups is 1. The van der Waals surface area contributed by atoms with Gasteiger partial charge in [-0.3, -0.25) is 4.79 Å². The molecule has 1 N–H and O–H groups in total. The predicted octanol–water partition coefficient (Wildman–Crippen LogP) is 0.796. The van der Waals surface area contributed by atoms with E-state index in [1.54, 1.807) is 0 Å². The topological polar surface area (TPSA) is 37.1 Å². The number of amides is 1. The van der Waals surface area contributed by atoms with Crippen LogP contribution in [0.15, 0.2) is 34.2 Å². The van der Waals surface area contributed by atoms with Crippen molar-refractivity contribution in [2.24, 2.45) is 4.99 Å². The summed E-state index contributed by atoms with van der Waals surface area (Å²) in [7, 11) is 2.20. The lowest BCUT2D eigenvalue weighted by molar-refractivity contribution is -0.883. The molecule has 2 aliphatic rings. The van der Waals surface area contributed by atoms with Gasteiger partial charge in [0.25, 0.3) is 5.91 Å². The second kappa shape index (κ2) is 6.03. The molecule has 2 heterocycles. The number of amidine groups is 1. The van der Waals surface area contributed by atoms with Gasteiger partial charge in [0.2, 0.25) is 0 Å². The van der Waals surface area contributed by atoms with Gasteiger partial charge >= 0.3 is 0 Å². The molecule has 1 saturated heterocycles. The first-order valence-corrected chi connectivity index (χ1v) is 8.09. The third-order valence-electron chi connectivity index (χ3n) is 3.87. The number of piperazine rings is 1. The Morgan fingerprint density at radius 1 is 1.24 bits per heavy atom. The maximum absolute atomic E-state index is 12.1. The molecule has 1 aromatic rings. The molecule has 1 amide bonds. The summed E-state index contributed by atoms with van der Waals surface area (Å²) in [5.74, 6) is -0.109. The molecule has 4 nitrogen and oxygen atoms in total. The van der Waals surface area contributed by atoms with Crippen LogP contribution in [-0.4, -0.2) is 49.2 Å². The minimum absolute atomic E-state index is 0.109. The Bertz CT molecular complexity index is 598. The van der Waals surface area contributed by atoms with Crippen LogP contribution in [0.4, 0.5) is 0 Å². The Morgan fingerprint density at radius 2 is 1.90 bits per heavy atom. The summed E-state index contributed by atoms with van der Waals surface area (Å²) in [6.45, 7) is 6.21. The highest BCUT2D eigenvalue weighted by Crippen LogP contribution is 2.30. The number of quaternary nitrogens is 1. The Hall–Kier alpha value is -1.59. The molecular formula is C16H20N3OS+. The summed E-state index contributed by atoms with van der Waals surface area (Å²) in [5.41, 5.74) is 2.27. The lowest BCUT2D eigenvalue weighted by Crippen LogP contribution is -3.12. The molecule has 0 spiro atoms. The van der Waals surface area contributed by atoms with Crippen LogP contribution in [0.5, 0.6) is 0 Å². The summed E-state index contributed by atoms with van der Waals surface area (Å²) < 4.78 is 0. The minimum atomic E-state index is -0.109. The monoisotopic (exact) mass is 302 g/mol. The second-order valence-corrected chi connectivity index (χ2v) is 6.67. The fraction of sp³-hybridized carbons (Fsp3) is 0.375. The van der Waals surface area contributed by atoms with Crippen molar-refractivity contribution in [3.05, 3.63) is 40.3 Å². The maximum atomic E-state index is 12.1. The van der Waals surface area contributed by atoms with E-state index in [1.165, 1.54) is 22.2 Å². The maximum Gasteiger partial charge on any atom is 0.286 e. The highest BCUT2D eigenvalue weighted by molar-refractivity contribution is 8.18. The number of hydrogen-bond donors (Lipinski definition) is 1. The third kappa shape index (κ3) is 3.36. The van der Waals surface area contributed by atoms with Crippen molar-refractivity contribution in [2.45, 2.75) is 6.92 Å². The molecular weight excluding hydrogens is 282 g/mol. The average Bonchev–Trinajstić information content (AvgIpc) is 2.83. The molecule has 0 bridgehead atoms. The smallest absolute Gasteiger partial charge is 0.286 e. The van der Waals surface area contributed by atoms with Crippen molar-refractivity contribution in [1.82, 2.24) is 4.90 Å². The van der Waals surface area contributed by atoms with Gasteiger partial charge in [0.05, 0.1) is 38.1 Å². The van der Waals surface area contributed by atoms with Crippen LogP contribution in [0.25, 0.3) is 6.08 Å². The van der Waals surface area contributed by atoms with Crippen molar-refractivity contribution in [3.63, 3.8) is 0 Å². The van der Waals surface area contributed by atoms with Gasteiger partial charge in [-0.1, -0.05) is 29.8 Å². The molecule has 21 heavy (non-hydrogen) atoms. The van der Waals surface area contributed by atoms with Crippen LogP contribution >= 0.6 is 11.8 Å². The summed E-state index contributed by atoms with van der Waals surface area (Å²) >= 11 is 1.50. The van der Waals surface area contributed by atoms with E-state index in [0.717, 1.165) is 41.8 Å². The number of hydrogen-bond acceptors (Lipinski definition) is 3. The first-order valence-electron chi connectivity index (χ1n) is 7.27. The Balaban J connectivity index is 1.71.